The summed E-state index contributed by atoms with van der Waals surface area (Å²) in [6.07, 6.45) is 3.44. The van der Waals surface area contributed by atoms with Gasteiger partial charge in [-0.2, -0.15) is 4.31 Å². The number of nitrogens with one attached hydrogen (secondary N) is 1. The number of carbonyl (C=O) groups is 1. The molecule has 2 heterocycles. The second-order valence-corrected chi connectivity index (χ2v) is 8.99. The van der Waals surface area contributed by atoms with Crippen molar-refractivity contribution in [3.8, 4) is 0 Å². The summed E-state index contributed by atoms with van der Waals surface area (Å²) >= 11 is 1.38. The topological polar surface area (TPSA) is 79.4 Å². The number of sulfonamides is 1. The summed E-state index contributed by atoms with van der Waals surface area (Å²) in [6, 6.07) is 4.69. The zero-order valence-electron chi connectivity index (χ0n) is 13.6. The van der Waals surface area contributed by atoms with E-state index in [2.05, 4.69) is 10.3 Å². The molecule has 0 unspecified atom stereocenters. The molecule has 0 atom stereocenters. The van der Waals surface area contributed by atoms with Gasteiger partial charge in [-0.1, -0.05) is 6.07 Å². The number of benzene rings is 1. The Morgan fingerprint density at radius 1 is 1.25 bits per heavy atom. The fourth-order valence-electron chi connectivity index (χ4n) is 2.66. The number of carbonyl (C=O) groups excluding carboxylic acids is 1. The summed E-state index contributed by atoms with van der Waals surface area (Å²) in [5, 5.41) is 3.23. The van der Waals surface area contributed by atoms with E-state index in [1.807, 2.05) is 6.92 Å². The summed E-state index contributed by atoms with van der Waals surface area (Å²) in [4.78, 5) is 17.8. The van der Waals surface area contributed by atoms with Gasteiger partial charge >= 0.3 is 0 Å². The van der Waals surface area contributed by atoms with Gasteiger partial charge in [-0.3, -0.25) is 10.1 Å². The van der Waals surface area contributed by atoms with Gasteiger partial charge in [-0.05, 0) is 44.4 Å². The number of hydrogen-bond donors (Lipinski definition) is 1. The number of rotatable bonds is 4. The molecule has 2 aromatic rings. The molecule has 0 saturated carbocycles. The third-order valence-corrected chi connectivity index (χ3v) is 6.72. The summed E-state index contributed by atoms with van der Waals surface area (Å²) < 4.78 is 26.8. The lowest BCUT2D eigenvalue weighted by Crippen LogP contribution is -2.28. The van der Waals surface area contributed by atoms with Gasteiger partial charge < -0.3 is 0 Å². The highest BCUT2D eigenvalue weighted by Crippen LogP contribution is 2.24. The van der Waals surface area contributed by atoms with Crippen molar-refractivity contribution >= 4 is 32.4 Å². The van der Waals surface area contributed by atoms with Crippen LogP contribution in [0.2, 0.25) is 0 Å². The predicted octanol–water partition coefficient (Wildman–Crippen LogP) is 2.80. The van der Waals surface area contributed by atoms with Crippen LogP contribution in [0.15, 0.2) is 29.3 Å². The number of hydrogen-bond acceptors (Lipinski definition) is 5. The van der Waals surface area contributed by atoms with Crippen LogP contribution in [-0.2, 0) is 10.0 Å². The normalized spacial score (nSPS) is 15.6. The van der Waals surface area contributed by atoms with E-state index >= 15 is 0 Å². The monoisotopic (exact) mass is 365 g/mol. The van der Waals surface area contributed by atoms with Crippen LogP contribution < -0.4 is 5.32 Å². The van der Waals surface area contributed by atoms with Crippen LogP contribution in [0.5, 0.6) is 0 Å². The first-order chi connectivity index (χ1) is 11.4. The van der Waals surface area contributed by atoms with Crippen LogP contribution in [0.3, 0.4) is 0 Å². The number of nitrogens with zero attached hydrogens (tertiary/aromatic N) is 2. The Morgan fingerprint density at radius 2 is 1.96 bits per heavy atom. The largest absolute Gasteiger partial charge is 0.298 e. The van der Waals surface area contributed by atoms with Gasteiger partial charge in [0.25, 0.3) is 5.91 Å². The fourth-order valence-corrected chi connectivity index (χ4v) is 4.86. The van der Waals surface area contributed by atoms with E-state index in [1.165, 1.54) is 21.7 Å². The standard InChI is InChI=1S/C16H19N3O3S2/c1-11-5-6-13(24(21,22)19-7-3-4-8-19)9-14(11)15(20)18-16-17-10-12(2)23-16/h5-6,9-10H,3-4,7-8H2,1-2H3,(H,17,18,20). The lowest BCUT2D eigenvalue weighted by Gasteiger charge is -2.16. The first kappa shape index (κ1) is 17.1. The summed E-state index contributed by atoms with van der Waals surface area (Å²) in [7, 11) is -3.54. The molecular weight excluding hydrogens is 346 g/mol. The molecule has 6 nitrogen and oxygen atoms in total. The van der Waals surface area contributed by atoms with Crippen molar-refractivity contribution in [2.45, 2.75) is 31.6 Å². The van der Waals surface area contributed by atoms with Crippen molar-refractivity contribution in [2.75, 3.05) is 18.4 Å². The summed E-state index contributed by atoms with van der Waals surface area (Å²) in [5.41, 5.74) is 1.07. The number of aromatic nitrogens is 1. The van der Waals surface area contributed by atoms with Crippen LogP contribution in [-0.4, -0.2) is 36.7 Å². The van der Waals surface area contributed by atoms with Crippen molar-refractivity contribution in [3.05, 3.63) is 40.4 Å². The number of anilines is 1. The number of aryl methyl sites for hydroxylation is 2. The molecule has 3 rings (SSSR count). The van der Waals surface area contributed by atoms with Gasteiger partial charge in [-0.25, -0.2) is 13.4 Å². The van der Waals surface area contributed by atoms with Crippen molar-refractivity contribution in [3.63, 3.8) is 0 Å². The lowest BCUT2D eigenvalue weighted by atomic mass is 10.1. The molecule has 0 radical (unpaired) electrons. The maximum atomic E-state index is 12.7. The third kappa shape index (κ3) is 3.35. The van der Waals surface area contributed by atoms with Crippen LogP contribution in [0.25, 0.3) is 0 Å². The molecule has 1 aliphatic rings. The molecule has 0 spiro atoms. The van der Waals surface area contributed by atoms with E-state index in [9.17, 15) is 13.2 Å². The molecule has 1 fully saturated rings. The molecule has 0 bridgehead atoms. The van der Waals surface area contributed by atoms with E-state index in [0.717, 1.165) is 23.3 Å². The van der Waals surface area contributed by atoms with E-state index in [-0.39, 0.29) is 10.8 Å². The minimum absolute atomic E-state index is 0.162. The van der Waals surface area contributed by atoms with Crippen molar-refractivity contribution < 1.29 is 13.2 Å². The Hall–Kier alpha value is -1.77. The number of amides is 1. The molecule has 1 aliphatic heterocycles. The smallest absolute Gasteiger partial charge is 0.257 e. The van der Waals surface area contributed by atoms with Gasteiger partial charge in [0.2, 0.25) is 10.0 Å². The minimum atomic E-state index is -3.54. The zero-order valence-corrected chi connectivity index (χ0v) is 15.2. The highest BCUT2D eigenvalue weighted by Gasteiger charge is 2.28. The predicted molar refractivity (Wildman–Crippen MR) is 94.0 cm³/mol. The van der Waals surface area contributed by atoms with Crippen molar-refractivity contribution in [2.24, 2.45) is 0 Å². The second kappa shape index (κ2) is 6.62. The van der Waals surface area contributed by atoms with E-state index < -0.39 is 10.0 Å². The van der Waals surface area contributed by atoms with Gasteiger partial charge in [0.05, 0.1) is 4.90 Å². The Balaban J connectivity index is 1.90. The van der Waals surface area contributed by atoms with Gasteiger partial charge in [-0.15, -0.1) is 11.3 Å². The first-order valence-electron chi connectivity index (χ1n) is 7.72. The molecule has 1 N–H and O–H groups in total. The van der Waals surface area contributed by atoms with Gasteiger partial charge in [0, 0.05) is 29.7 Å². The van der Waals surface area contributed by atoms with E-state index in [1.54, 1.807) is 25.3 Å². The van der Waals surface area contributed by atoms with E-state index in [0.29, 0.717) is 23.8 Å². The molecule has 128 valence electrons. The van der Waals surface area contributed by atoms with Crippen molar-refractivity contribution in [1.29, 1.82) is 0 Å². The second-order valence-electron chi connectivity index (χ2n) is 5.82. The summed E-state index contributed by atoms with van der Waals surface area (Å²) in [6.45, 7) is 4.77. The van der Waals surface area contributed by atoms with Crippen LogP contribution >= 0.6 is 11.3 Å². The summed E-state index contributed by atoms with van der Waals surface area (Å²) in [5.74, 6) is -0.347. The molecule has 0 aliphatic carbocycles. The molecule has 24 heavy (non-hydrogen) atoms. The Labute approximate surface area is 145 Å². The fraction of sp³-hybridized carbons (Fsp3) is 0.375. The third-order valence-electron chi connectivity index (χ3n) is 4.00. The Kier molecular flexibility index (Phi) is 4.71. The minimum Gasteiger partial charge on any atom is -0.298 e. The molecule has 1 aromatic heterocycles. The maximum absolute atomic E-state index is 12.7. The van der Waals surface area contributed by atoms with Crippen LogP contribution in [0, 0.1) is 13.8 Å². The van der Waals surface area contributed by atoms with Crippen molar-refractivity contribution in [1.82, 2.24) is 9.29 Å². The zero-order chi connectivity index (χ0) is 17.3. The van der Waals surface area contributed by atoms with E-state index in [4.69, 9.17) is 0 Å². The Morgan fingerprint density at radius 3 is 2.58 bits per heavy atom. The highest BCUT2D eigenvalue weighted by atomic mass is 32.2. The number of thiazole rings is 1. The average Bonchev–Trinajstić information content (AvgIpc) is 3.19. The SMILES string of the molecule is Cc1cnc(NC(=O)c2cc(S(=O)(=O)N3CCCC3)ccc2C)s1. The lowest BCUT2D eigenvalue weighted by molar-refractivity contribution is 0.102. The molecular formula is C16H19N3O3S2. The molecule has 1 aromatic carbocycles. The molecule has 1 saturated heterocycles. The maximum Gasteiger partial charge on any atom is 0.257 e. The van der Waals surface area contributed by atoms with Gasteiger partial charge in [0.1, 0.15) is 0 Å². The average molecular weight is 365 g/mol. The molecule has 8 heteroatoms. The van der Waals surface area contributed by atoms with Crippen LogP contribution in [0.1, 0.15) is 33.6 Å². The Bertz CT molecular complexity index is 868. The quantitative estimate of drug-likeness (QED) is 0.903. The highest BCUT2D eigenvalue weighted by molar-refractivity contribution is 7.89. The van der Waals surface area contributed by atoms with Crippen LogP contribution in [0.4, 0.5) is 5.13 Å². The molecule has 1 amide bonds. The first-order valence-corrected chi connectivity index (χ1v) is 9.98. The van der Waals surface area contributed by atoms with Gasteiger partial charge in [0.15, 0.2) is 5.13 Å².